The number of hydrogen-bond acceptors (Lipinski definition) is 4. The minimum atomic E-state index is -1.03. The highest BCUT2D eigenvalue weighted by molar-refractivity contribution is 9.10. The van der Waals surface area contributed by atoms with Gasteiger partial charge in [0.1, 0.15) is 23.0 Å². The first-order chi connectivity index (χ1) is 18.5. The molecule has 5 nitrogen and oxygen atoms in total. The Morgan fingerprint density at radius 3 is 2.51 bits per heavy atom. The zero-order valence-electron chi connectivity index (χ0n) is 22.5. The number of carbonyl (C=O) groups excluding carboxylic acids is 1. The summed E-state index contributed by atoms with van der Waals surface area (Å²) in [4.78, 5) is 13.6. The van der Waals surface area contributed by atoms with E-state index in [4.69, 9.17) is 4.74 Å². The normalized spacial score (nSPS) is 15.7. The van der Waals surface area contributed by atoms with Crippen LogP contribution in [0.2, 0.25) is 0 Å². The van der Waals surface area contributed by atoms with Crippen LogP contribution in [-0.2, 0) is 25.8 Å². The molecule has 0 aromatic heterocycles. The van der Waals surface area contributed by atoms with Crippen molar-refractivity contribution >= 4 is 21.8 Å². The zero-order valence-corrected chi connectivity index (χ0v) is 24.1. The fraction of sp³-hybridized carbons (Fsp3) is 0.387. The number of rotatable bonds is 10. The van der Waals surface area contributed by atoms with Crippen molar-refractivity contribution in [3.05, 3.63) is 98.5 Å². The minimum absolute atomic E-state index is 0.0388. The van der Waals surface area contributed by atoms with Gasteiger partial charge in [-0.3, -0.25) is 4.79 Å². The number of amides is 1. The SMILES string of the molecule is CCc1cccc(CNCC(O)C(Cc2cc(F)cc(F)c2)NC(=O)c2cc(Br)cc3c2OC(C)(C)CC3)c1. The molecule has 1 amide bonds. The molecule has 0 spiro atoms. The van der Waals surface area contributed by atoms with E-state index < -0.39 is 35.3 Å². The van der Waals surface area contributed by atoms with E-state index in [1.165, 1.54) is 17.7 Å². The number of fused-ring (bicyclic) bond motifs is 1. The first-order valence-corrected chi connectivity index (χ1v) is 14.1. The molecule has 8 heteroatoms. The maximum atomic E-state index is 13.9. The third kappa shape index (κ3) is 7.87. The second kappa shape index (κ2) is 12.6. The van der Waals surface area contributed by atoms with Gasteiger partial charge < -0.3 is 20.5 Å². The summed E-state index contributed by atoms with van der Waals surface area (Å²) in [6, 6.07) is 14.2. The number of carbonyl (C=O) groups is 1. The Morgan fingerprint density at radius 2 is 1.79 bits per heavy atom. The van der Waals surface area contributed by atoms with Crippen molar-refractivity contribution in [1.82, 2.24) is 10.6 Å². The van der Waals surface area contributed by atoms with Crippen molar-refractivity contribution in [2.24, 2.45) is 0 Å². The van der Waals surface area contributed by atoms with Crippen molar-refractivity contribution in [3.8, 4) is 5.75 Å². The molecule has 0 saturated heterocycles. The number of nitrogens with one attached hydrogen (secondary N) is 2. The lowest BCUT2D eigenvalue weighted by Crippen LogP contribution is -2.49. The van der Waals surface area contributed by atoms with Crippen LogP contribution in [0.1, 0.15) is 59.8 Å². The van der Waals surface area contributed by atoms with Gasteiger partial charge in [0.25, 0.3) is 5.91 Å². The number of aliphatic hydroxyl groups is 1. The third-order valence-corrected chi connectivity index (χ3v) is 7.45. The van der Waals surface area contributed by atoms with Gasteiger partial charge in [0.05, 0.1) is 17.7 Å². The number of aryl methyl sites for hydroxylation is 2. The molecule has 3 aromatic carbocycles. The lowest BCUT2D eigenvalue weighted by molar-refractivity contribution is 0.0749. The molecule has 4 rings (SSSR count). The minimum Gasteiger partial charge on any atom is -0.487 e. The Morgan fingerprint density at radius 1 is 1.08 bits per heavy atom. The summed E-state index contributed by atoms with van der Waals surface area (Å²) in [7, 11) is 0. The standard InChI is InChI=1S/C31H35BrF2N2O3/c1-4-19-6-5-7-20(10-19)17-35-18-28(37)27(13-21-11-24(33)16-25(34)12-21)36-30(38)26-15-23(32)14-22-8-9-31(2,3)39-29(22)26/h5-7,10-12,14-16,27-28,35,37H,4,8-9,13,17-18H2,1-3H3,(H,36,38). The summed E-state index contributed by atoms with van der Waals surface area (Å²) in [5.74, 6) is -1.34. The van der Waals surface area contributed by atoms with Gasteiger partial charge in [0.2, 0.25) is 0 Å². The van der Waals surface area contributed by atoms with Crippen LogP contribution in [0.5, 0.6) is 5.75 Å². The molecule has 208 valence electrons. The molecule has 39 heavy (non-hydrogen) atoms. The summed E-state index contributed by atoms with van der Waals surface area (Å²) in [6.45, 7) is 6.74. The molecule has 3 aromatic rings. The highest BCUT2D eigenvalue weighted by atomic mass is 79.9. The Kier molecular flexibility index (Phi) is 9.41. The van der Waals surface area contributed by atoms with Gasteiger partial charge >= 0.3 is 0 Å². The average Bonchev–Trinajstić information content (AvgIpc) is 2.87. The second-order valence-corrected chi connectivity index (χ2v) is 11.7. The van der Waals surface area contributed by atoms with Crippen molar-refractivity contribution in [3.63, 3.8) is 0 Å². The van der Waals surface area contributed by atoms with Crippen LogP contribution < -0.4 is 15.4 Å². The number of ether oxygens (including phenoxy) is 1. The van der Waals surface area contributed by atoms with E-state index in [0.29, 0.717) is 23.4 Å². The van der Waals surface area contributed by atoms with E-state index in [2.05, 4.69) is 45.6 Å². The highest BCUT2D eigenvalue weighted by Gasteiger charge is 2.32. The van der Waals surface area contributed by atoms with E-state index >= 15 is 0 Å². The summed E-state index contributed by atoms with van der Waals surface area (Å²) in [5.41, 5.74) is 3.48. The fourth-order valence-electron chi connectivity index (χ4n) is 4.87. The van der Waals surface area contributed by atoms with Crippen LogP contribution in [0.25, 0.3) is 0 Å². The van der Waals surface area contributed by atoms with Gasteiger partial charge in [-0.15, -0.1) is 0 Å². The van der Waals surface area contributed by atoms with Crippen molar-refractivity contribution in [2.45, 2.75) is 70.7 Å². The van der Waals surface area contributed by atoms with Crippen LogP contribution in [0.4, 0.5) is 8.78 Å². The lowest BCUT2D eigenvalue weighted by atomic mass is 9.92. The van der Waals surface area contributed by atoms with Gasteiger partial charge in [0.15, 0.2) is 0 Å². The van der Waals surface area contributed by atoms with Gasteiger partial charge in [-0.05, 0) is 86.1 Å². The molecule has 1 aliphatic rings. The van der Waals surface area contributed by atoms with Crippen LogP contribution in [0, 0.1) is 11.6 Å². The maximum absolute atomic E-state index is 13.9. The summed E-state index contributed by atoms with van der Waals surface area (Å²) in [6.07, 6.45) is 1.51. The first kappa shape index (κ1) is 29.2. The Hall–Kier alpha value is -2.81. The smallest absolute Gasteiger partial charge is 0.255 e. The van der Waals surface area contributed by atoms with Crippen LogP contribution in [0.15, 0.2) is 59.1 Å². The maximum Gasteiger partial charge on any atom is 0.255 e. The average molecular weight is 602 g/mol. The van der Waals surface area contributed by atoms with E-state index in [9.17, 15) is 18.7 Å². The largest absolute Gasteiger partial charge is 0.487 e. The highest BCUT2D eigenvalue weighted by Crippen LogP contribution is 2.38. The molecule has 0 bridgehead atoms. The monoisotopic (exact) mass is 600 g/mol. The third-order valence-electron chi connectivity index (χ3n) is 6.99. The van der Waals surface area contributed by atoms with E-state index in [1.807, 2.05) is 32.0 Å². The van der Waals surface area contributed by atoms with Gasteiger partial charge in [0, 0.05) is 23.6 Å². The molecule has 0 radical (unpaired) electrons. The van der Waals surface area contributed by atoms with Crippen LogP contribution >= 0.6 is 15.9 Å². The number of benzene rings is 3. The molecular weight excluding hydrogens is 566 g/mol. The molecule has 3 N–H and O–H groups in total. The van der Waals surface area contributed by atoms with Crippen LogP contribution in [0.3, 0.4) is 0 Å². The summed E-state index contributed by atoms with van der Waals surface area (Å²) >= 11 is 3.49. The quantitative estimate of drug-likeness (QED) is 0.271. The van der Waals surface area contributed by atoms with Crippen molar-refractivity contribution in [1.29, 1.82) is 0 Å². The van der Waals surface area contributed by atoms with E-state index in [0.717, 1.165) is 40.9 Å². The zero-order chi connectivity index (χ0) is 28.2. The Bertz CT molecular complexity index is 1310. The predicted molar refractivity (Wildman–Crippen MR) is 152 cm³/mol. The molecule has 0 saturated carbocycles. The van der Waals surface area contributed by atoms with E-state index in [-0.39, 0.29) is 13.0 Å². The Balaban J connectivity index is 1.54. The number of aliphatic hydroxyl groups excluding tert-OH is 1. The Labute approximate surface area is 237 Å². The molecule has 0 aliphatic carbocycles. The molecule has 2 atom stereocenters. The second-order valence-electron chi connectivity index (χ2n) is 10.7. The topological polar surface area (TPSA) is 70.6 Å². The predicted octanol–water partition coefficient (Wildman–Crippen LogP) is 5.89. The van der Waals surface area contributed by atoms with E-state index in [1.54, 1.807) is 6.07 Å². The van der Waals surface area contributed by atoms with Crippen molar-refractivity contribution in [2.75, 3.05) is 6.54 Å². The lowest BCUT2D eigenvalue weighted by Gasteiger charge is -2.34. The molecular formula is C31H35BrF2N2O3. The van der Waals surface area contributed by atoms with Gasteiger partial charge in [-0.1, -0.05) is 47.1 Å². The van der Waals surface area contributed by atoms with Crippen molar-refractivity contribution < 1.29 is 23.4 Å². The molecule has 2 unspecified atom stereocenters. The van der Waals surface area contributed by atoms with Crippen LogP contribution in [-0.4, -0.2) is 35.3 Å². The molecule has 0 fully saturated rings. The molecule has 1 aliphatic heterocycles. The summed E-state index contributed by atoms with van der Waals surface area (Å²) in [5, 5.41) is 17.3. The number of hydrogen-bond donors (Lipinski definition) is 3. The van der Waals surface area contributed by atoms with Gasteiger partial charge in [-0.2, -0.15) is 0 Å². The molecule has 1 heterocycles. The number of halogens is 3. The summed E-state index contributed by atoms with van der Waals surface area (Å²) < 4.78 is 34.8. The van der Waals surface area contributed by atoms with Gasteiger partial charge in [-0.25, -0.2) is 8.78 Å². The first-order valence-electron chi connectivity index (χ1n) is 13.3. The fourth-order valence-corrected chi connectivity index (χ4v) is 5.37.